The van der Waals surface area contributed by atoms with Crippen LogP contribution in [-0.2, 0) is 0 Å². The molecule has 0 heterocycles. The predicted molar refractivity (Wildman–Crippen MR) is 84.4 cm³/mol. The Morgan fingerprint density at radius 1 is 1.10 bits per heavy atom. The largest absolute Gasteiger partial charge is 0.326 e. The SMILES string of the molecule is CCC(N)C(c1ccc(F)cc1)N(CC1CC1)CC1CC1. The maximum Gasteiger partial charge on any atom is 0.123 e. The molecule has 21 heavy (non-hydrogen) atoms. The van der Waals surface area contributed by atoms with Gasteiger partial charge in [0, 0.05) is 25.2 Å². The normalized spacial score (nSPS) is 21.5. The molecule has 0 amide bonds. The molecule has 2 nitrogen and oxygen atoms in total. The second-order valence-corrected chi connectivity index (χ2v) is 6.91. The highest BCUT2D eigenvalue weighted by molar-refractivity contribution is 5.22. The van der Waals surface area contributed by atoms with Gasteiger partial charge in [0.2, 0.25) is 0 Å². The minimum Gasteiger partial charge on any atom is -0.326 e. The average Bonchev–Trinajstić information content (AvgIpc) is 3.37. The molecular formula is C18H27FN2. The van der Waals surface area contributed by atoms with Crippen LogP contribution in [0.3, 0.4) is 0 Å². The van der Waals surface area contributed by atoms with Crippen molar-refractivity contribution in [2.45, 2.75) is 51.1 Å². The maximum atomic E-state index is 13.2. The van der Waals surface area contributed by atoms with E-state index in [1.54, 1.807) is 12.1 Å². The van der Waals surface area contributed by atoms with E-state index >= 15 is 0 Å². The van der Waals surface area contributed by atoms with Crippen LogP contribution in [0.15, 0.2) is 24.3 Å². The predicted octanol–water partition coefficient (Wildman–Crippen LogP) is 3.73. The van der Waals surface area contributed by atoms with Crippen LogP contribution in [0.5, 0.6) is 0 Å². The lowest BCUT2D eigenvalue weighted by Crippen LogP contribution is -2.42. The molecule has 2 unspecified atom stereocenters. The molecule has 116 valence electrons. The molecule has 0 radical (unpaired) electrons. The van der Waals surface area contributed by atoms with Gasteiger partial charge in [0.05, 0.1) is 0 Å². The van der Waals surface area contributed by atoms with Gasteiger partial charge in [0.1, 0.15) is 5.82 Å². The number of halogens is 1. The van der Waals surface area contributed by atoms with Gasteiger partial charge in [-0.1, -0.05) is 19.1 Å². The van der Waals surface area contributed by atoms with Gasteiger partial charge >= 0.3 is 0 Å². The van der Waals surface area contributed by atoms with Crippen LogP contribution in [0.4, 0.5) is 4.39 Å². The van der Waals surface area contributed by atoms with Crippen molar-refractivity contribution in [3.63, 3.8) is 0 Å². The van der Waals surface area contributed by atoms with Gasteiger partial charge in [-0.2, -0.15) is 0 Å². The third-order valence-corrected chi connectivity index (χ3v) is 4.86. The van der Waals surface area contributed by atoms with E-state index in [0.717, 1.165) is 31.3 Å². The molecule has 0 saturated heterocycles. The van der Waals surface area contributed by atoms with E-state index in [1.807, 2.05) is 12.1 Å². The zero-order valence-electron chi connectivity index (χ0n) is 13.0. The molecule has 1 aromatic rings. The summed E-state index contributed by atoms with van der Waals surface area (Å²) < 4.78 is 13.2. The summed E-state index contributed by atoms with van der Waals surface area (Å²) in [4.78, 5) is 2.59. The first kappa shape index (κ1) is 15.0. The Morgan fingerprint density at radius 2 is 1.62 bits per heavy atom. The van der Waals surface area contributed by atoms with Gasteiger partial charge in [0.25, 0.3) is 0 Å². The monoisotopic (exact) mass is 290 g/mol. The highest BCUT2D eigenvalue weighted by Crippen LogP contribution is 2.38. The van der Waals surface area contributed by atoms with E-state index < -0.39 is 0 Å². The zero-order valence-corrected chi connectivity index (χ0v) is 13.0. The van der Waals surface area contributed by atoms with Crippen molar-refractivity contribution in [1.29, 1.82) is 0 Å². The number of hydrogen-bond donors (Lipinski definition) is 1. The van der Waals surface area contributed by atoms with E-state index in [-0.39, 0.29) is 17.9 Å². The molecule has 2 saturated carbocycles. The quantitative estimate of drug-likeness (QED) is 0.790. The summed E-state index contributed by atoms with van der Waals surface area (Å²) in [5.74, 6) is 1.55. The molecule has 0 spiro atoms. The molecule has 2 aliphatic rings. The second kappa shape index (κ2) is 6.45. The third kappa shape index (κ3) is 4.04. The van der Waals surface area contributed by atoms with Crippen molar-refractivity contribution in [2.24, 2.45) is 17.6 Å². The molecule has 2 N–H and O–H groups in total. The Kier molecular flexibility index (Phi) is 4.60. The number of nitrogens with two attached hydrogens (primary N) is 1. The summed E-state index contributed by atoms with van der Waals surface area (Å²) in [6.07, 6.45) is 6.39. The summed E-state index contributed by atoms with van der Waals surface area (Å²) in [7, 11) is 0. The first-order valence-corrected chi connectivity index (χ1v) is 8.42. The number of nitrogens with zero attached hydrogens (tertiary/aromatic N) is 1. The highest BCUT2D eigenvalue weighted by atomic mass is 19.1. The number of rotatable bonds is 8. The molecule has 2 fully saturated rings. The summed E-state index contributed by atoms with van der Waals surface area (Å²) in [5.41, 5.74) is 7.62. The minimum atomic E-state index is -0.168. The van der Waals surface area contributed by atoms with Crippen LogP contribution in [0.25, 0.3) is 0 Å². The summed E-state index contributed by atoms with van der Waals surface area (Å²) in [6.45, 7) is 4.46. The van der Waals surface area contributed by atoms with Crippen molar-refractivity contribution >= 4 is 0 Å². The Hall–Kier alpha value is -0.930. The van der Waals surface area contributed by atoms with Gasteiger partial charge in [0.15, 0.2) is 0 Å². The molecule has 1 aromatic carbocycles. The van der Waals surface area contributed by atoms with Crippen LogP contribution in [-0.4, -0.2) is 24.0 Å². The van der Waals surface area contributed by atoms with Crippen LogP contribution in [0.1, 0.15) is 50.6 Å². The Balaban J connectivity index is 1.81. The fourth-order valence-corrected chi connectivity index (χ4v) is 3.18. The lowest BCUT2D eigenvalue weighted by molar-refractivity contribution is 0.154. The molecule has 2 aliphatic carbocycles. The third-order valence-electron chi connectivity index (χ3n) is 4.86. The molecule has 2 atom stereocenters. The van der Waals surface area contributed by atoms with E-state index in [1.165, 1.54) is 31.2 Å². The fourth-order valence-electron chi connectivity index (χ4n) is 3.18. The van der Waals surface area contributed by atoms with E-state index in [9.17, 15) is 4.39 Å². The first-order chi connectivity index (χ1) is 10.2. The molecule has 3 rings (SSSR count). The Morgan fingerprint density at radius 3 is 2.05 bits per heavy atom. The summed E-state index contributed by atoms with van der Waals surface area (Å²) >= 11 is 0. The minimum absolute atomic E-state index is 0.118. The lowest BCUT2D eigenvalue weighted by Gasteiger charge is -2.36. The number of benzene rings is 1. The van der Waals surface area contributed by atoms with E-state index in [4.69, 9.17) is 5.73 Å². The fraction of sp³-hybridized carbons (Fsp3) is 0.667. The maximum absolute atomic E-state index is 13.2. The van der Waals surface area contributed by atoms with Gasteiger partial charge in [-0.15, -0.1) is 0 Å². The summed E-state index contributed by atoms with van der Waals surface area (Å²) in [6, 6.07) is 7.32. The molecule has 3 heteroatoms. The van der Waals surface area contributed by atoms with Crippen LogP contribution >= 0.6 is 0 Å². The van der Waals surface area contributed by atoms with Gasteiger partial charge in [-0.3, -0.25) is 4.90 Å². The van der Waals surface area contributed by atoms with Crippen molar-refractivity contribution in [3.8, 4) is 0 Å². The molecule has 0 bridgehead atoms. The van der Waals surface area contributed by atoms with Gasteiger partial charge in [-0.25, -0.2) is 4.39 Å². The topological polar surface area (TPSA) is 29.3 Å². The van der Waals surface area contributed by atoms with Crippen molar-refractivity contribution < 1.29 is 4.39 Å². The standard InChI is InChI=1S/C18H27FN2/c1-2-17(20)18(15-7-9-16(19)10-8-15)21(11-13-3-4-13)12-14-5-6-14/h7-10,13-14,17-18H,2-6,11-12,20H2,1H3. The Labute approximate surface area is 127 Å². The second-order valence-electron chi connectivity index (χ2n) is 6.91. The van der Waals surface area contributed by atoms with Gasteiger partial charge in [-0.05, 0) is 61.6 Å². The van der Waals surface area contributed by atoms with E-state index in [2.05, 4.69) is 11.8 Å². The summed E-state index contributed by atoms with van der Waals surface area (Å²) in [5, 5.41) is 0. The molecule has 0 aliphatic heterocycles. The zero-order chi connectivity index (χ0) is 14.8. The van der Waals surface area contributed by atoms with Gasteiger partial charge < -0.3 is 5.73 Å². The van der Waals surface area contributed by atoms with Crippen LogP contribution in [0, 0.1) is 17.7 Å². The van der Waals surface area contributed by atoms with Crippen LogP contribution < -0.4 is 5.73 Å². The van der Waals surface area contributed by atoms with Crippen molar-refractivity contribution in [3.05, 3.63) is 35.6 Å². The van der Waals surface area contributed by atoms with Crippen LogP contribution in [0.2, 0.25) is 0 Å². The Bertz CT molecular complexity index is 437. The number of hydrogen-bond acceptors (Lipinski definition) is 2. The first-order valence-electron chi connectivity index (χ1n) is 8.42. The van der Waals surface area contributed by atoms with Crippen molar-refractivity contribution in [2.75, 3.05) is 13.1 Å². The highest BCUT2D eigenvalue weighted by Gasteiger charge is 2.35. The van der Waals surface area contributed by atoms with Crippen molar-refractivity contribution in [1.82, 2.24) is 4.90 Å². The smallest absolute Gasteiger partial charge is 0.123 e. The van der Waals surface area contributed by atoms with E-state index in [0.29, 0.717) is 0 Å². The average molecular weight is 290 g/mol. The lowest BCUT2D eigenvalue weighted by atomic mass is 9.95. The molecule has 0 aromatic heterocycles. The molecular weight excluding hydrogens is 263 g/mol.